The molecule has 0 atom stereocenters. The lowest BCUT2D eigenvalue weighted by atomic mass is 10.3. The highest BCUT2D eigenvalue weighted by atomic mass is 79.9. The molecule has 1 aromatic carbocycles. The maximum atomic E-state index is 9.10. The van der Waals surface area contributed by atoms with Gasteiger partial charge in [0.1, 0.15) is 12.4 Å². The number of aliphatic carboxylic acids is 2. The summed E-state index contributed by atoms with van der Waals surface area (Å²) in [6, 6.07) is 7.71. The molecule has 7 nitrogen and oxygen atoms in total. The molecule has 20 heavy (non-hydrogen) atoms. The van der Waals surface area contributed by atoms with Crippen LogP contribution < -0.4 is 10.1 Å². The molecule has 0 bridgehead atoms. The smallest absolute Gasteiger partial charge is 0.414 e. The number of halogens is 1. The standard InChI is InChI=1S/C10H14BrNO2.C2H2O4/c11-9-1-3-10(4-2-9)14-8-6-12-5-7-13;3-1(4)2(5)6/h1-4,12-13H,5-8H2;(H,3,4)(H,5,6). The van der Waals surface area contributed by atoms with Crippen molar-refractivity contribution in [2.24, 2.45) is 0 Å². The Labute approximate surface area is 124 Å². The third-order valence-corrected chi connectivity index (χ3v) is 2.36. The summed E-state index contributed by atoms with van der Waals surface area (Å²) in [5, 5.41) is 26.3. The van der Waals surface area contributed by atoms with Gasteiger partial charge in [0, 0.05) is 17.6 Å². The Morgan fingerprint density at radius 3 is 2.10 bits per heavy atom. The number of carboxylic acid groups (broad SMARTS) is 2. The van der Waals surface area contributed by atoms with Crippen molar-refractivity contribution in [3.63, 3.8) is 0 Å². The fraction of sp³-hybridized carbons (Fsp3) is 0.333. The average molecular weight is 350 g/mol. The van der Waals surface area contributed by atoms with Crippen LogP contribution in [0, 0.1) is 0 Å². The number of ether oxygens (including phenoxy) is 1. The van der Waals surface area contributed by atoms with E-state index in [2.05, 4.69) is 21.2 Å². The number of nitrogens with one attached hydrogen (secondary N) is 1. The molecule has 0 spiro atoms. The molecule has 8 heteroatoms. The highest BCUT2D eigenvalue weighted by Gasteiger charge is 2.04. The molecule has 0 radical (unpaired) electrons. The van der Waals surface area contributed by atoms with Gasteiger partial charge in [-0.2, -0.15) is 0 Å². The maximum Gasteiger partial charge on any atom is 0.414 e. The van der Waals surface area contributed by atoms with Gasteiger partial charge >= 0.3 is 11.9 Å². The Morgan fingerprint density at radius 1 is 1.10 bits per heavy atom. The zero-order valence-electron chi connectivity index (χ0n) is 10.6. The minimum absolute atomic E-state index is 0.165. The summed E-state index contributed by atoms with van der Waals surface area (Å²) in [7, 11) is 0. The first kappa shape index (κ1) is 18.4. The lowest BCUT2D eigenvalue weighted by molar-refractivity contribution is -0.159. The van der Waals surface area contributed by atoms with E-state index in [1.54, 1.807) is 0 Å². The lowest BCUT2D eigenvalue weighted by Gasteiger charge is -2.06. The van der Waals surface area contributed by atoms with Crippen LogP contribution in [0.2, 0.25) is 0 Å². The van der Waals surface area contributed by atoms with Crippen molar-refractivity contribution in [2.75, 3.05) is 26.3 Å². The van der Waals surface area contributed by atoms with Crippen LogP contribution in [-0.4, -0.2) is 53.6 Å². The highest BCUT2D eigenvalue weighted by molar-refractivity contribution is 9.10. The first-order chi connectivity index (χ1) is 9.47. The normalized spacial score (nSPS) is 9.30. The predicted molar refractivity (Wildman–Crippen MR) is 74.9 cm³/mol. The Balaban J connectivity index is 0.000000511. The Bertz CT molecular complexity index is 397. The predicted octanol–water partition coefficient (Wildman–Crippen LogP) is 0.565. The van der Waals surface area contributed by atoms with Crippen LogP contribution in [0.1, 0.15) is 0 Å². The molecular formula is C12H16BrNO6. The van der Waals surface area contributed by atoms with Gasteiger partial charge in [-0.25, -0.2) is 9.59 Å². The third kappa shape index (κ3) is 10.3. The second-order valence-corrected chi connectivity index (χ2v) is 4.30. The molecule has 0 saturated carbocycles. The SMILES string of the molecule is O=C(O)C(=O)O.OCCNCCOc1ccc(Br)cc1. The highest BCUT2D eigenvalue weighted by Crippen LogP contribution is 2.15. The monoisotopic (exact) mass is 349 g/mol. The quantitative estimate of drug-likeness (QED) is 0.438. The summed E-state index contributed by atoms with van der Waals surface area (Å²) in [4.78, 5) is 18.2. The summed E-state index contributed by atoms with van der Waals surface area (Å²) in [5.41, 5.74) is 0. The lowest BCUT2D eigenvalue weighted by Crippen LogP contribution is -2.23. The second kappa shape index (κ2) is 11.2. The van der Waals surface area contributed by atoms with Gasteiger partial charge in [-0.1, -0.05) is 15.9 Å². The number of hydrogen-bond acceptors (Lipinski definition) is 5. The van der Waals surface area contributed by atoms with E-state index in [-0.39, 0.29) is 6.61 Å². The fourth-order valence-electron chi connectivity index (χ4n) is 0.976. The molecule has 0 aromatic heterocycles. The number of carbonyl (C=O) groups is 2. The number of carboxylic acids is 2. The van der Waals surface area contributed by atoms with Crippen LogP contribution >= 0.6 is 15.9 Å². The van der Waals surface area contributed by atoms with Crippen LogP contribution in [0.5, 0.6) is 5.75 Å². The van der Waals surface area contributed by atoms with E-state index in [9.17, 15) is 0 Å². The fourth-order valence-corrected chi connectivity index (χ4v) is 1.24. The molecule has 4 N–H and O–H groups in total. The number of aliphatic hydroxyl groups excluding tert-OH is 1. The number of aliphatic hydroxyl groups is 1. The third-order valence-electron chi connectivity index (χ3n) is 1.83. The molecule has 1 aromatic rings. The molecule has 0 unspecified atom stereocenters. The summed E-state index contributed by atoms with van der Waals surface area (Å²) < 4.78 is 6.49. The number of benzene rings is 1. The Kier molecular flexibility index (Phi) is 10.3. The van der Waals surface area contributed by atoms with Gasteiger partial charge in [-0.05, 0) is 24.3 Å². The summed E-state index contributed by atoms with van der Waals surface area (Å²) >= 11 is 3.35. The van der Waals surface area contributed by atoms with E-state index in [0.29, 0.717) is 13.2 Å². The molecule has 1 rings (SSSR count). The summed E-state index contributed by atoms with van der Waals surface area (Å²) in [6.45, 7) is 2.14. The molecular weight excluding hydrogens is 334 g/mol. The van der Waals surface area contributed by atoms with Crippen LogP contribution in [0.15, 0.2) is 28.7 Å². The van der Waals surface area contributed by atoms with Gasteiger partial charge < -0.3 is 25.4 Å². The Hall–Kier alpha value is -1.64. The van der Waals surface area contributed by atoms with E-state index in [1.165, 1.54) is 0 Å². The summed E-state index contributed by atoms with van der Waals surface area (Å²) in [5.74, 6) is -2.79. The van der Waals surface area contributed by atoms with Crippen molar-refractivity contribution in [2.45, 2.75) is 0 Å². The minimum Gasteiger partial charge on any atom is -0.492 e. The average Bonchev–Trinajstić information content (AvgIpc) is 2.41. The van der Waals surface area contributed by atoms with Crippen molar-refractivity contribution in [1.29, 1.82) is 0 Å². The zero-order chi connectivity index (χ0) is 15.4. The van der Waals surface area contributed by atoms with Crippen molar-refractivity contribution in [3.8, 4) is 5.75 Å². The van der Waals surface area contributed by atoms with Crippen molar-refractivity contribution >= 4 is 27.9 Å². The van der Waals surface area contributed by atoms with Crippen molar-refractivity contribution in [3.05, 3.63) is 28.7 Å². The topological polar surface area (TPSA) is 116 Å². The van der Waals surface area contributed by atoms with Crippen LogP contribution in [-0.2, 0) is 9.59 Å². The van der Waals surface area contributed by atoms with Crippen LogP contribution in [0.25, 0.3) is 0 Å². The van der Waals surface area contributed by atoms with E-state index in [0.717, 1.165) is 16.8 Å². The first-order valence-electron chi connectivity index (χ1n) is 5.63. The molecule has 0 amide bonds. The van der Waals surface area contributed by atoms with Gasteiger partial charge in [0.15, 0.2) is 0 Å². The van der Waals surface area contributed by atoms with Gasteiger partial charge in [0.2, 0.25) is 0 Å². The van der Waals surface area contributed by atoms with Crippen molar-refractivity contribution < 1.29 is 29.6 Å². The molecule has 0 fully saturated rings. The van der Waals surface area contributed by atoms with Gasteiger partial charge in [0.05, 0.1) is 6.61 Å². The van der Waals surface area contributed by atoms with Gasteiger partial charge in [0.25, 0.3) is 0 Å². The number of rotatable bonds is 6. The van der Waals surface area contributed by atoms with Gasteiger partial charge in [-0.15, -0.1) is 0 Å². The largest absolute Gasteiger partial charge is 0.492 e. The van der Waals surface area contributed by atoms with E-state index < -0.39 is 11.9 Å². The van der Waals surface area contributed by atoms with Crippen LogP contribution in [0.3, 0.4) is 0 Å². The molecule has 0 heterocycles. The van der Waals surface area contributed by atoms with E-state index >= 15 is 0 Å². The molecule has 0 aliphatic carbocycles. The van der Waals surface area contributed by atoms with E-state index in [1.807, 2.05) is 24.3 Å². The number of hydrogen-bond donors (Lipinski definition) is 4. The summed E-state index contributed by atoms with van der Waals surface area (Å²) in [6.07, 6.45) is 0. The van der Waals surface area contributed by atoms with Crippen LogP contribution in [0.4, 0.5) is 0 Å². The molecule has 0 saturated heterocycles. The van der Waals surface area contributed by atoms with E-state index in [4.69, 9.17) is 29.6 Å². The zero-order valence-corrected chi connectivity index (χ0v) is 12.2. The van der Waals surface area contributed by atoms with Crippen molar-refractivity contribution in [1.82, 2.24) is 5.32 Å². The molecule has 0 aliphatic heterocycles. The molecule has 0 aliphatic rings. The minimum atomic E-state index is -1.82. The maximum absolute atomic E-state index is 9.10. The van der Waals surface area contributed by atoms with Gasteiger partial charge in [-0.3, -0.25) is 0 Å². The Morgan fingerprint density at radius 2 is 1.65 bits per heavy atom. The second-order valence-electron chi connectivity index (χ2n) is 3.39. The molecule has 112 valence electrons. The first-order valence-corrected chi connectivity index (χ1v) is 6.42.